The fourth-order valence-corrected chi connectivity index (χ4v) is 2.94. The summed E-state index contributed by atoms with van der Waals surface area (Å²) in [6, 6.07) is 1.46. The third-order valence-corrected chi connectivity index (χ3v) is 3.99. The molecule has 0 aliphatic carbocycles. The standard InChI is InChI=1S/C13H16FN3O.2ClH/c14-12-7-15-3-1-11(12)13(18)17-4-2-9-5-16-6-10(9)8-17;;/h1,3,7,9-10,16H,2,4-6,8H2;2*1H. The van der Waals surface area contributed by atoms with E-state index in [0.717, 1.165) is 38.8 Å². The van der Waals surface area contributed by atoms with Gasteiger partial charge in [-0.05, 0) is 37.4 Å². The molecule has 2 unspecified atom stereocenters. The van der Waals surface area contributed by atoms with Crippen molar-refractivity contribution in [3.05, 3.63) is 29.8 Å². The normalized spacial score (nSPS) is 24.4. The van der Waals surface area contributed by atoms with Gasteiger partial charge in [0, 0.05) is 19.3 Å². The molecule has 3 heterocycles. The number of halogens is 3. The molecule has 1 amide bonds. The van der Waals surface area contributed by atoms with E-state index in [0.29, 0.717) is 11.8 Å². The van der Waals surface area contributed by atoms with Crippen LogP contribution in [0.5, 0.6) is 0 Å². The topological polar surface area (TPSA) is 45.2 Å². The molecule has 1 aromatic heterocycles. The largest absolute Gasteiger partial charge is 0.338 e. The van der Waals surface area contributed by atoms with Gasteiger partial charge in [-0.25, -0.2) is 4.39 Å². The summed E-state index contributed by atoms with van der Waals surface area (Å²) in [5.74, 6) is 0.457. The second-order valence-corrected chi connectivity index (χ2v) is 5.07. The van der Waals surface area contributed by atoms with Crippen LogP contribution in [0.15, 0.2) is 18.5 Å². The Balaban J connectivity index is 0.000001000. The molecule has 0 spiro atoms. The zero-order chi connectivity index (χ0) is 12.5. The van der Waals surface area contributed by atoms with Gasteiger partial charge in [-0.3, -0.25) is 9.78 Å². The molecule has 0 bridgehead atoms. The average Bonchev–Trinajstić information content (AvgIpc) is 2.85. The molecule has 3 rings (SSSR count). The SMILES string of the molecule is Cl.Cl.O=C(c1ccncc1F)N1CCC2CNCC2C1. The lowest BCUT2D eigenvalue weighted by Gasteiger charge is -2.34. The summed E-state index contributed by atoms with van der Waals surface area (Å²) in [4.78, 5) is 17.7. The number of pyridine rings is 1. The minimum Gasteiger partial charge on any atom is -0.338 e. The van der Waals surface area contributed by atoms with Gasteiger partial charge < -0.3 is 10.2 Å². The van der Waals surface area contributed by atoms with Crippen LogP contribution in [0, 0.1) is 17.7 Å². The lowest BCUT2D eigenvalue weighted by molar-refractivity contribution is 0.0637. The van der Waals surface area contributed by atoms with Crippen molar-refractivity contribution < 1.29 is 9.18 Å². The molecule has 2 saturated heterocycles. The summed E-state index contributed by atoms with van der Waals surface area (Å²) in [5.41, 5.74) is 0.134. The number of carbonyl (C=O) groups excluding carboxylic acids is 1. The number of hydrogen-bond acceptors (Lipinski definition) is 3. The van der Waals surface area contributed by atoms with E-state index in [2.05, 4.69) is 10.3 Å². The fraction of sp³-hybridized carbons (Fsp3) is 0.538. The number of carbonyl (C=O) groups is 1. The van der Waals surface area contributed by atoms with Crippen LogP contribution < -0.4 is 5.32 Å². The molecule has 7 heteroatoms. The molecule has 4 nitrogen and oxygen atoms in total. The van der Waals surface area contributed by atoms with Crippen molar-refractivity contribution in [2.45, 2.75) is 6.42 Å². The van der Waals surface area contributed by atoms with Gasteiger partial charge in [-0.15, -0.1) is 24.8 Å². The predicted octanol–water partition coefficient (Wildman–Crippen LogP) is 1.75. The molecule has 2 aliphatic heterocycles. The first-order valence-corrected chi connectivity index (χ1v) is 6.35. The van der Waals surface area contributed by atoms with Crippen molar-refractivity contribution in [3.8, 4) is 0 Å². The van der Waals surface area contributed by atoms with Gasteiger partial charge >= 0.3 is 0 Å². The second-order valence-electron chi connectivity index (χ2n) is 5.07. The molecule has 20 heavy (non-hydrogen) atoms. The molecule has 112 valence electrons. The molecule has 2 aliphatic rings. The molecule has 0 radical (unpaired) electrons. The number of nitrogens with zero attached hydrogens (tertiary/aromatic N) is 2. The quantitative estimate of drug-likeness (QED) is 0.857. The highest BCUT2D eigenvalue weighted by atomic mass is 35.5. The summed E-state index contributed by atoms with van der Waals surface area (Å²) in [6.45, 7) is 3.48. The molecule has 0 aromatic carbocycles. The highest BCUT2D eigenvalue weighted by Crippen LogP contribution is 2.27. The highest BCUT2D eigenvalue weighted by Gasteiger charge is 2.35. The number of aromatic nitrogens is 1. The van der Waals surface area contributed by atoms with Crippen LogP contribution in [0.2, 0.25) is 0 Å². The minimum atomic E-state index is -0.533. The molecule has 2 fully saturated rings. The number of hydrogen-bond donors (Lipinski definition) is 1. The van der Waals surface area contributed by atoms with Crippen molar-refractivity contribution >= 4 is 30.7 Å². The van der Waals surface area contributed by atoms with Crippen LogP contribution in [-0.2, 0) is 0 Å². The number of fused-ring (bicyclic) bond motifs is 1. The zero-order valence-corrected chi connectivity index (χ0v) is 12.6. The Kier molecular flexibility index (Phi) is 6.17. The van der Waals surface area contributed by atoms with Crippen molar-refractivity contribution in [2.24, 2.45) is 11.8 Å². The van der Waals surface area contributed by atoms with Crippen LogP contribution in [0.1, 0.15) is 16.8 Å². The van der Waals surface area contributed by atoms with Crippen molar-refractivity contribution in [3.63, 3.8) is 0 Å². The number of nitrogens with one attached hydrogen (secondary N) is 1. The summed E-state index contributed by atoms with van der Waals surface area (Å²) in [5, 5.41) is 3.35. The smallest absolute Gasteiger partial charge is 0.256 e. The Hall–Kier alpha value is -0.910. The lowest BCUT2D eigenvalue weighted by Crippen LogP contribution is -2.43. The van der Waals surface area contributed by atoms with Crippen molar-refractivity contribution in [2.75, 3.05) is 26.2 Å². The van der Waals surface area contributed by atoms with E-state index in [1.165, 1.54) is 12.3 Å². The van der Waals surface area contributed by atoms with E-state index in [4.69, 9.17) is 0 Å². The minimum absolute atomic E-state index is 0. The molecule has 0 saturated carbocycles. The second kappa shape index (κ2) is 7.20. The van der Waals surface area contributed by atoms with Gasteiger partial charge in [0.1, 0.15) is 0 Å². The summed E-state index contributed by atoms with van der Waals surface area (Å²) >= 11 is 0. The monoisotopic (exact) mass is 321 g/mol. The van der Waals surface area contributed by atoms with Crippen LogP contribution in [-0.4, -0.2) is 42.0 Å². The van der Waals surface area contributed by atoms with Gasteiger partial charge in [0.05, 0.1) is 11.8 Å². The first-order valence-electron chi connectivity index (χ1n) is 6.35. The van der Waals surface area contributed by atoms with Crippen molar-refractivity contribution in [1.82, 2.24) is 15.2 Å². The number of piperidine rings is 1. The Morgan fingerprint density at radius 2 is 2.10 bits per heavy atom. The number of rotatable bonds is 1. The van der Waals surface area contributed by atoms with E-state index in [1.54, 1.807) is 4.90 Å². The maximum absolute atomic E-state index is 13.5. The van der Waals surface area contributed by atoms with Crippen LogP contribution in [0.25, 0.3) is 0 Å². The van der Waals surface area contributed by atoms with Crippen LogP contribution in [0.4, 0.5) is 4.39 Å². The van der Waals surface area contributed by atoms with Crippen LogP contribution in [0.3, 0.4) is 0 Å². The summed E-state index contributed by atoms with van der Waals surface area (Å²) in [6.07, 6.45) is 3.56. The number of amides is 1. The van der Waals surface area contributed by atoms with E-state index >= 15 is 0 Å². The fourth-order valence-electron chi connectivity index (χ4n) is 2.94. The highest BCUT2D eigenvalue weighted by molar-refractivity contribution is 5.94. The number of likely N-dealkylation sites (tertiary alicyclic amines) is 1. The Labute approximate surface area is 130 Å². The maximum atomic E-state index is 13.5. The molecule has 1 aromatic rings. The first kappa shape index (κ1) is 17.1. The first-order chi connectivity index (χ1) is 8.75. The van der Waals surface area contributed by atoms with E-state index in [-0.39, 0.29) is 36.3 Å². The van der Waals surface area contributed by atoms with Crippen molar-refractivity contribution in [1.29, 1.82) is 0 Å². The Morgan fingerprint density at radius 1 is 1.35 bits per heavy atom. The van der Waals surface area contributed by atoms with Gasteiger partial charge in [0.15, 0.2) is 5.82 Å². The van der Waals surface area contributed by atoms with Gasteiger partial charge in [-0.2, -0.15) is 0 Å². The van der Waals surface area contributed by atoms with Crippen LogP contribution >= 0.6 is 24.8 Å². The third-order valence-electron chi connectivity index (χ3n) is 3.99. The van der Waals surface area contributed by atoms with E-state index in [9.17, 15) is 9.18 Å². The third kappa shape index (κ3) is 3.22. The lowest BCUT2D eigenvalue weighted by atomic mass is 9.88. The molecular formula is C13H18Cl2FN3O. The Morgan fingerprint density at radius 3 is 2.85 bits per heavy atom. The van der Waals surface area contributed by atoms with E-state index < -0.39 is 5.82 Å². The summed E-state index contributed by atoms with van der Waals surface area (Å²) in [7, 11) is 0. The molecular weight excluding hydrogens is 304 g/mol. The van der Waals surface area contributed by atoms with Gasteiger partial charge in [0.25, 0.3) is 5.91 Å². The summed E-state index contributed by atoms with van der Waals surface area (Å²) < 4.78 is 13.5. The average molecular weight is 322 g/mol. The molecule has 2 atom stereocenters. The van der Waals surface area contributed by atoms with Gasteiger partial charge in [0.2, 0.25) is 0 Å². The zero-order valence-electron chi connectivity index (χ0n) is 10.9. The molecule has 1 N–H and O–H groups in total. The maximum Gasteiger partial charge on any atom is 0.256 e. The van der Waals surface area contributed by atoms with Gasteiger partial charge in [-0.1, -0.05) is 0 Å². The van der Waals surface area contributed by atoms with E-state index in [1.807, 2.05) is 0 Å². The predicted molar refractivity (Wildman–Crippen MR) is 79.1 cm³/mol. The Bertz CT molecular complexity index is 475.